The van der Waals surface area contributed by atoms with Gasteiger partial charge in [-0.1, -0.05) is 30.3 Å². The third kappa shape index (κ3) is 3.58. The first-order valence-corrected chi connectivity index (χ1v) is 6.34. The molecule has 0 aliphatic carbocycles. The van der Waals surface area contributed by atoms with Gasteiger partial charge in [0.25, 0.3) is 0 Å². The SMILES string of the molecule is O=C(Cc1ccccc1)NCCC(=O)N1CCC1. The average Bonchev–Trinajstić information content (AvgIpc) is 2.27. The molecule has 0 unspecified atom stereocenters. The number of carbonyl (C=O) groups excluding carboxylic acids is 2. The first-order valence-electron chi connectivity index (χ1n) is 6.34. The molecule has 1 saturated heterocycles. The quantitative estimate of drug-likeness (QED) is 0.841. The third-order valence-electron chi connectivity index (χ3n) is 3.08. The number of likely N-dealkylation sites (tertiary alicyclic amines) is 1. The monoisotopic (exact) mass is 246 g/mol. The van der Waals surface area contributed by atoms with E-state index in [2.05, 4.69) is 5.32 Å². The molecule has 4 heteroatoms. The van der Waals surface area contributed by atoms with Crippen molar-refractivity contribution < 1.29 is 9.59 Å². The molecule has 1 aliphatic rings. The Morgan fingerprint density at radius 3 is 2.50 bits per heavy atom. The Kier molecular flexibility index (Phi) is 4.34. The minimum Gasteiger partial charge on any atom is -0.355 e. The van der Waals surface area contributed by atoms with Crippen LogP contribution >= 0.6 is 0 Å². The summed E-state index contributed by atoms with van der Waals surface area (Å²) in [7, 11) is 0. The van der Waals surface area contributed by atoms with Gasteiger partial charge in [-0.3, -0.25) is 9.59 Å². The molecule has 1 aliphatic heterocycles. The minimum atomic E-state index is -0.0300. The zero-order valence-corrected chi connectivity index (χ0v) is 10.4. The summed E-state index contributed by atoms with van der Waals surface area (Å²) in [5.74, 6) is 0.110. The second-order valence-corrected chi connectivity index (χ2v) is 4.50. The molecule has 0 atom stereocenters. The summed E-state index contributed by atoms with van der Waals surface area (Å²) in [6.45, 7) is 2.18. The van der Waals surface area contributed by atoms with E-state index in [9.17, 15) is 9.59 Å². The number of carbonyl (C=O) groups is 2. The van der Waals surface area contributed by atoms with Crippen molar-refractivity contribution in [1.82, 2.24) is 10.2 Å². The zero-order valence-electron chi connectivity index (χ0n) is 10.4. The summed E-state index contributed by atoms with van der Waals surface area (Å²) < 4.78 is 0. The van der Waals surface area contributed by atoms with Crippen LogP contribution in [-0.4, -0.2) is 36.3 Å². The first-order chi connectivity index (χ1) is 8.75. The Bertz CT molecular complexity index is 413. The van der Waals surface area contributed by atoms with Gasteiger partial charge in [-0.25, -0.2) is 0 Å². The normalized spacial score (nSPS) is 13.9. The predicted octanol–water partition coefficient (Wildman–Crippen LogP) is 0.968. The summed E-state index contributed by atoms with van der Waals surface area (Å²) in [6.07, 6.45) is 1.88. The van der Waals surface area contributed by atoms with E-state index in [0.717, 1.165) is 25.1 Å². The van der Waals surface area contributed by atoms with Gasteiger partial charge in [-0.15, -0.1) is 0 Å². The molecule has 96 valence electrons. The van der Waals surface area contributed by atoms with Crippen molar-refractivity contribution >= 4 is 11.8 Å². The van der Waals surface area contributed by atoms with Gasteiger partial charge in [0.1, 0.15) is 0 Å². The van der Waals surface area contributed by atoms with Crippen molar-refractivity contribution in [2.24, 2.45) is 0 Å². The van der Waals surface area contributed by atoms with Crippen LogP contribution in [0.3, 0.4) is 0 Å². The summed E-state index contributed by atoms with van der Waals surface area (Å²) in [6, 6.07) is 9.59. The molecule has 1 heterocycles. The Hall–Kier alpha value is -1.84. The maximum atomic E-state index is 11.6. The standard InChI is InChI=1S/C14H18N2O2/c17-13(11-12-5-2-1-3-6-12)15-8-7-14(18)16-9-4-10-16/h1-3,5-6H,4,7-11H2,(H,15,17). The van der Waals surface area contributed by atoms with Gasteiger partial charge >= 0.3 is 0 Å². The molecule has 4 nitrogen and oxygen atoms in total. The molecule has 0 spiro atoms. The van der Waals surface area contributed by atoms with Crippen molar-refractivity contribution in [2.75, 3.05) is 19.6 Å². The fourth-order valence-corrected chi connectivity index (χ4v) is 1.88. The van der Waals surface area contributed by atoms with Crippen molar-refractivity contribution in [2.45, 2.75) is 19.3 Å². The number of nitrogens with one attached hydrogen (secondary N) is 1. The molecule has 0 bridgehead atoms. The Balaban J connectivity index is 1.64. The van der Waals surface area contributed by atoms with Crippen LogP contribution in [-0.2, 0) is 16.0 Å². The van der Waals surface area contributed by atoms with Crippen LogP contribution in [0.2, 0.25) is 0 Å². The number of nitrogens with zero attached hydrogens (tertiary/aromatic N) is 1. The lowest BCUT2D eigenvalue weighted by Gasteiger charge is -2.30. The fourth-order valence-electron chi connectivity index (χ4n) is 1.88. The topological polar surface area (TPSA) is 49.4 Å². The predicted molar refractivity (Wildman–Crippen MR) is 69.0 cm³/mol. The van der Waals surface area contributed by atoms with Gasteiger partial charge < -0.3 is 10.2 Å². The number of hydrogen-bond donors (Lipinski definition) is 1. The van der Waals surface area contributed by atoms with E-state index < -0.39 is 0 Å². The first kappa shape index (κ1) is 12.6. The van der Waals surface area contributed by atoms with Crippen molar-refractivity contribution in [3.8, 4) is 0 Å². The maximum absolute atomic E-state index is 11.6. The average molecular weight is 246 g/mol. The summed E-state index contributed by atoms with van der Waals surface area (Å²) in [4.78, 5) is 25.0. The lowest BCUT2D eigenvalue weighted by molar-refractivity contribution is -0.134. The van der Waals surface area contributed by atoms with Gasteiger partial charge in [-0.05, 0) is 12.0 Å². The molecular weight excluding hydrogens is 228 g/mol. The summed E-state index contributed by atoms with van der Waals surface area (Å²) in [5, 5.41) is 2.78. The highest BCUT2D eigenvalue weighted by molar-refractivity contribution is 5.80. The second kappa shape index (κ2) is 6.19. The van der Waals surface area contributed by atoms with Gasteiger partial charge in [-0.2, -0.15) is 0 Å². The summed E-state index contributed by atoms with van der Waals surface area (Å²) in [5.41, 5.74) is 0.990. The number of rotatable bonds is 5. The Labute approximate surface area is 107 Å². The molecule has 1 aromatic carbocycles. The minimum absolute atomic E-state index is 0.0300. The molecule has 1 aromatic rings. The van der Waals surface area contributed by atoms with Crippen LogP contribution in [0, 0.1) is 0 Å². The van der Waals surface area contributed by atoms with Crippen LogP contribution in [0.4, 0.5) is 0 Å². The lowest BCUT2D eigenvalue weighted by Crippen LogP contribution is -2.43. The van der Waals surface area contributed by atoms with E-state index in [4.69, 9.17) is 0 Å². The fraction of sp³-hybridized carbons (Fsp3) is 0.429. The highest BCUT2D eigenvalue weighted by Gasteiger charge is 2.19. The van der Waals surface area contributed by atoms with E-state index >= 15 is 0 Å². The summed E-state index contributed by atoms with van der Waals surface area (Å²) >= 11 is 0. The van der Waals surface area contributed by atoms with Crippen molar-refractivity contribution in [1.29, 1.82) is 0 Å². The molecule has 2 amide bonds. The number of hydrogen-bond acceptors (Lipinski definition) is 2. The van der Waals surface area contributed by atoms with Crippen molar-refractivity contribution in [3.05, 3.63) is 35.9 Å². The van der Waals surface area contributed by atoms with Gasteiger partial charge in [0.15, 0.2) is 0 Å². The van der Waals surface area contributed by atoms with Crippen LogP contribution in [0.15, 0.2) is 30.3 Å². The van der Waals surface area contributed by atoms with Gasteiger partial charge in [0, 0.05) is 26.1 Å². The smallest absolute Gasteiger partial charge is 0.224 e. The van der Waals surface area contributed by atoms with Crippen LogP contribution < -0.4 is 5.32 Å². The second-order valence-electron chi connectivity index (χ2n) is 4.50. The van der Waals surface area contributed by atoms with E-state index in [0.29, 0.717) is 19.4 Å². The lowest BCUT2D eigenvalue weighted by atomic mass is 10.1. The van der Waals surface area contributed by atoms with Crippen LogP contribution in [0.25, 0.3) is 0 Å². The van der Waals surface area contributed by atoms with E-state index in [1.165, 1.54) is 0 Å². The molecule has 1 N–H and O–H groups in total. The molecule has 2 rings (SSSR count). The van der Waals surface area contributed by atoms with Gasteiger partial charge in [0.05, 0.1) is 6.42 Å². The Morgan fingerprint density at radius 2 is 1.89 bits per heavy atom. The highest BCUT2D eigenvalue weighted by atomic mass is 16.2. The number of amides is 2. The van der Waals surface area contributed by atoms with Crippen molar-refractivity contribution in [3.63, 3.8) is 0 Å². The molecule has 0 saturated carbocycles. The molecule has 0 aromatic heterocycles. The molecule has 18 heavy (non-hydrogen) atoms. The van der Waals surface area contributed by atoms with Gasteiger partial charge in [0.2, 0.25) is 11.8 Å². The van der Waals surface area contributed by atoms with E-state index in [1.54, 1.807) is 0 Å². The van der Waals surface area contributed by atoms with E-state index in [-0.39, 0.29) is 11.8 Å². The molecular formula is C14H18N2O2. The Morgan fingerprint density at radius 1 is 1.17 bits per heavy atom. The third-order valence-corrected chi connectivity index (χ3v) is 3.08. The molecule has 1 fully saturated rings. The van der Waals surface area contributed by atoms with Crippen LogP contribution in [0.1, 0.15) is 18.4 Å². The van der Waals surface area contributed by atoms with E-state index in [1.807, 2.05) is 35.2 Å². The molecule has 0 radical (unpaired) electrons. The highest BCUT2D eigenvalue weighted by Crippen LogP contribution is 2.07. The largest absolute Gasteiger partial charge is 0.355 e. The zero-order chi connectivity index (χ0) is 12.8. The van der Waals surface area contributed by atoms with Crippen LogP contribution in [0.5, 0.6) is 0 Å². The number of benzene rings is 1. The maximum Gasteiger partial charge on any atom is 0.224 e.